The van der Waals surface area contributed by atoms with E-state index < -0.39 is 27.2 Å². The Morgan fingerprint density at radius 2 is 1.68 bits per heavy atom. The summed E-state index contributed by atoms with van der Waals surface area (Å²) in [5, 5.41) is 22.1. The van der Waals surface area contributed by atoms with E-state index >= 15 is 0 Å². The second-order valence-corrected chi connectivity index (χ2v) is 5.52. The highest BCUT2D eigenvalue weighted by Crippen LogP contribution is 2.35. The Morgan fingerprint density at radius 1 is 1.12 bits per heavy atom. The fourth-order valence-electron chi connectivity index (χ4n) is 2.21. The minimum Gasteiger partial charge on any atom is -0.462 e. The maximum absolute atomic E-state index is 12.2. The molecule has 0 spiro atoms. The standard InChI is InChI=1S/C16H16N2O7/c1-4-24-16(19)13-8-14(9(2)3)25-15(13)10-5-11(17(20)21)7-12(6-10)18(22)23/h5-9H,4H2,1-3H3. The fraction of sp³-hybridized carbons (Fsp3) is 0.312. The van der Waals surface area contributed by atoms with E-state index in [1.54, 1.807) is 6.92 Å². The molecule has 0 aliphatic rings. The SMILES string of the molecule is CCOC(=O)c1cc(C(C)C)oc1-c1cc([N+](=O)[O-])cc([N+](=O)[O-])c1. The molecule has 0 radical (unpaired) electrons. The molecule has 0 unspecified atom stereocenters. The molecule has 9 nitrogen and oxygen atoms in total. The van der Waals surface area contributed by atoms with Crippen molar-refractivity contribution in [3.8, 4) is 11.3 Å². The Hall–Kier alpha value is -3.23. The summed E-state index contributed by atoms with van der Waals surface area (Å²) in [5.74, 6) is -0.251. The zero-order valence-electron chi connectivity index (χ0n) is 13.8. The van der Waals surface area contributed by atoms with Gasteiger partial charge in [-0.2, -0.15) is 0 Å². The number of hydrogen-bond acceptors (Lipinski definition) is 7. The molecule has 25 heavy (non-hydrogen) atoms. The van der Waals surface area contributed by atoms with Crippen LogP contribution in [-0.4, -0.2) is 22.4 Å². The van der Waals surface area contributed by atoms with Crippen LogP contribution in [0.25, 0.3) is 11.3 Å². The van der Waals surface area contributed by atoms with Gasteiger partial charge in [0.25, 0.3) is 11.4 Å². The molecule has 2 rings (SSSR count). The predicted octanol–water partition coefficient (Wildman–Crippen LogP) is 4.06. The van der Waals surface area contributed by atoms with Gasteiger partial charge in [0.05, 0.1) is 22.5 Å². The van der Waals surface area contributed by atoms with Gasteiger partial charge in [0.2, 0.25) is 0 Å². The van der Waals surface area contributed by atoms with Gasteiger partial charge in [-0.25, -0.2) is 4.79 Å². The molecule has 132 valence electrons. The molecule has 2 aromatic rings. The highest BCUT2D eigenvalue weighted by molar-refractivity contribution is 5.96. The summed E-state index contributed by atoms with van der Waals surface area (Å²) in [6.07, 6.45) is 0. The van der Waals surface area contributed by atoms with Gasteiger partial charge in [0, 0.05) is 23.6 Å². The number of nitro benzene ring substituents is 2. The molecule has 1 aromatic heterocycles. The lowest BCUT2D eigenvalue weighted by atomic mass is 10.1. The maximum atomic E-state index is 12.2. The van der Waals surface area contributed by atoms with Gasteiger partial charge in [-0.1, -0.05) is 13.8 Å². The van der Waals surface area contributed by atoms with Crippen LogP contribution in [0, 0.1) is 20.2 Å². The molecule has 9 heteroatoms. The normalized spacial score (nSPS) is 10.7. The number of ether oxygens (including phenoxy) is 1. The molecule has 0 saturated heterocycles. The summed E-state index contributed by atoms with van der Waals surface area (Å²) in [7, 11) is 0. The molecule has 0 amide bonds. The Bertz CT molecular complexity index is 807. The average molecular weight is 348 g/mol. The van der Waals surface area contributed by atoms with Crippen molar-refractivity contribution in [1.29, 1.82) is 0 Å². The van der Waals surface area contributed by atoms with Crippen LogP contribution in [0.4, 0.5) is 11.4 Å². The van der Waals surface area contributed by atoms with Crippen LogP contribution in [0.1, 0.15) is 42.8 Å². The van der Waals surface area contributed by atoms with E-state index in [-0.39, 0.29) is 29.4 Å². The van der Waals surface area contributed by atoms with Crippen molar-refractivity contribution in [1.82, 2.24) is 0 Å². The first kappa shape index (κ1) is 18.1. The topological polar surface area (TPSA) is 126 Å². The van der Waals surface area contributed by atoms with Gasteiger partial charge in [-0.3, -0.25) is 20.2 Å². The largest absolute Gasteiger partial charge is 0.462 e. The van der Waals surface area contributed by atoms with E-state index in [4.69, 9.17) is 9.15 Å². The van der Waals surface area contributed by atoms with Crippen LogP contribution in [0.15, 0.2) is 28.7 Å². The van der Waals surface area contributed by atoms with Crippen molar-refractivity contribution in [2.24, 2.45) is 0 Å². The van der Waals surface area contributed by atoms with Crippen molar-refractivity contribution in [3.05, 3.63) is 55.8 Å². The second kappa shape index (κ2) is 7.12. The van der Waals surface area contributed by atoms with E-state index in [2.05, 4.69) is 0 Å². The maximum Gasteiger partial charge on any atom is 0.342 e. The first-order chi connectivity index (χ1) is 11.7. The van der Waals surface area contributed by atoms with Gasteiger partial charge in [-0.15, -0.1) is 0 Å². The lowest BCUT2D eigenvalue weighted by molar-refractivity contribution is -0.394. The molecule has 0 saturated carbocycles. The van der Waals surface area contributed by atoms with Crippen molar-refractivity contribution < 1.29 is 23.8 Å². The minimum atomic E-state index is -0.743. The Morgan fingerprint density at radius 3 is 2.12 bits per heavy atom. The van der Waals surface area contributed by atoms with Crippen LogP contribution in [0.5, 0.6) is 0 Å². The molecule has 0 atom stereocenters. The fourth-order valence-corrected chi connectivity index (χ4v) is 2.21. The predicted molar refractivity (Wildman–Crippen MR) is 87.5 cm³/mol. The van der Waals surface area contributed by atoms with E-state index in [1.807, 2.05) is 13.8 Å². The molecule has 0 N–H and O–H groups in total. The molecular formula is C16H16N2O7. The molecule has 0 fully saturated rings. The van der Waals surface area contributed by atoms with Gasteiger partial charge in [-0.05, 0) is 13.0 Å². The zero-order chi connectivity index (χ0) is 18.7. The van der Waals surface area contributed by atoms with Crippen molar-refractivity contribution in [2.45, 2.75) is 26.7 Å². The van der Waals surface area contributed by atoms with Gasteiger partial charge in [0.15, 0.2) is 0 Å². The zero-order valence-corrected chi connectivity index (χ0v) is 13.8. The molecular weight excluding hydrogens is 332 g/mol. The van der Waals surface area contributed by atoms with E-state index in [0.717, 1.165) is 18.2 Å². The number of carbonyl (C=O) groups excluding carboxylic acids is 1. The summed E-state index contributed by atoms with van der Waals surface area (Å²) in [4.78, 5) is 32.8. The molecule has 1 heterocycles. The molecule has 0 aliphatic carbocycles. The summed E-state index contributed by atoms with van der Waals surface area (Å²) >= 11 is 0. The summed E-state index contributed by atoms with van der Waals surface area (Å²) in [5.41, 5.74) is -0.806. The number of rotatable bonds is 6. The average Bonchev–Trinajstić information content (AvgIpc) is 3.00. The first-order valence-electron chi connectivity index (χ1n) is 7.49. The number of furan rings is 1. The third-order valence-corrected chi connectivity index (χ3v) is 3.40. The summed E-state index contributed by atoms with van der Waals surface area (Å²) < 4.78 is 10.6. The summed E-state index contributed by atoms with van der Waals surface area (Å²) in [6, 6.07) is 4.58. The first-order valence-corrected chi connectivity index (χ1v) is 7.49. The smallest absolute Gasteiger partial charge is 0.342 e. The Kier molecular flexibility index (Phi) is 5.16. The van der Waals surface area contributed by atoms with Gasteiger partial charge in [0.1, 0.15) is 17.1 Å². The number of esters is 1. The number of carbonyl (C=O) groups is 1. The van der Waals surface area contributed by atoms with Crippen LogP contribution < -0.4 is 0 Å². The van der Waals surface area contributed by atoms with E-state index in [1.165, 1.54) is 6.07 Å². The number of non-ortho nitro benzene ring substituents is 2. The second-order valence-electron chi connectivity index (χ2n) is 5.52. The molecule has 1 aromatic carbocycles. The monoisotopic (exact) mass is 348 g/mol. The Labute approximate surface area is 142 Å². The number of nitrogens with zero attached hydrogens (tertiary/aromatic N) is 2. The highest BCUT2D eigenvalue weighted by atomic mass is 16.6. The third-order valence-electron chi connectivity index (χ3n) is 3.40. The molecule has 0 aliphatic heterocycles. The van der Waals surface area contributed by atoms with Crippen LogP contribution >= 0.6 is 0 Å². The summed E-state index contributed by atoms with van der Waals surface area (Å²) in [6.45, 7) is 5.45. The van der Waals surface area contributed by atoms with Crippen molar-refractivity contribution >= 4 is 17.3 Å². The minimum absolute atomic E-state index is 0.00829. The van der Waals surface area contributed by atoms with Crippen LogP contribution in [-0.2, 0) is 4.74 Å². The van der Waals surface area contributed by atoms with Gasteiger partial charge < -0.3 is 9.15 Å². The van der Waals surface area contributed by atoms with E-state index in [0.29, 0.717) is 5.76 Å². The number of hydrogen-bond donors (Lipinski definition) is 0. The van der Waals surface area contributed by atoms with Crippen molar-refractivity contribution in [3.63, 3.8) is 0 Å². The Balaban J connectivity index is 2.69. The lowest BCUT2D eigenvalue weighted by Gasteiger charge is -2.03. The molecule has 0 bridgehead atoms. The van der Waals surface area contributed by atoms with Gasteiger partial charge >= 0.3 is 5.97 Å². The van der Waals surface area contributed by atoms with E-state index in [9.17, 15) is 25.0 Å². The lowest BCUT2D eigenvalue weighted by Crippen LogP contribution is -2.05. The van der Waals surface area contributed by atoms with Crippen molar-refractivity contribution in [2.75, 3.05) is 6.61 Å². The van der Waals surface area contributed by atoms with Crippen LogP contribution in [0.2, 0.25) is 0 Å². The third kappa shape index (κ3) is 3.82. The highest BCUT2D eigenvalue weighted by Gasteiger charge is 2.25. The van der Waals surface area contributed by atoms with Crippen LogP contribution in [0.3, 0.4) is 0 Å². The number of nitro groups is 2. The quantitative estimate of drug-likeness (QED) is 0.437. The number of benzene rings is 1.